The molecule has 2 heterocycles. The maximum atomic E-state index is 12.6. The summed E-state index contributed by atoms with van der Waals surface area (Å²) in [7, 11) is 1.65. The smallest absolute Gasteiger partial charge is 0.475 e. The number of hydrogen-bond donors (Lipinski definition) is 2. The number of methoxy groups -OCH3 is 1. The van der Waals surface area contributed by atoms with Gasteiger partial charge in [0.25, 0.3) is 0 Å². The molecule has 2 N–H and O–H groups in total. The third kappa shape index (κ3) is 7.26. The maximum Gasteiger partial charge on any atom is 0.490 e. The van der Waals surface area contributed by atoms with Gasteiger partial charge in [0.05, 0.1) is 18.6 Å². The van der Waals surface area contributed by atoms with Crippen LogP contribution in [0, 0.1) is 11.8 Å². The molecule has 3 atom stereocenters. The first-order chi connectivity index (χ1) is 14.2. The summed E-state index contributed by atoms with van der Waals surface area (Å²) in [6.07, 6.45) is -3.91. The van der Waals surface area contributed by atoms with E-state index in [2.05, 4.69) is 34.5 Å². The molecular weight excluding hydrogens is 405 g/mol. The molecule has 7 nitrogen and oxygen atoms in total. The van der Waals surface area contributed by atoms with Gasteiger partial charge in [0.15, 0.2) is 0 Å². The lowest BCUT2D eigenvalue weighted by Crippen LogP contribution is -2.52. The lowest BCUT2D eigenvalue weighted by Gasteiger charge is -2.39. The standard InChI is InChI=1S/C18H26N2O3.C2HF3O2/c1-22-10-8-19-18(21)16-12-20(11-14-5-3-2-4-6-14)13-17-15(16)7-9-23-17;3-2(4,5)1(6)7/h2-6,15-17H,7-13H2,1H3,(H,19,21);(H,6,7)/t15-,16-,17+;/m0./s1. The molecule has 0 saturated carbocycles. The highest BCUT2D eigenvalue weighted by Crippen LogP contribution is 2.34. The Labute approximate surface area is 173 Å². The molecule has 10 heteroatoms. The molecular formula is C20H27F3N2O5. The van der Waals surface area contributed by atoms with E-state index in [1.807, 2.05) is 6.07 Å². The van der Waals surface area contributed by atoms with Crippen molar-refractivity contribution < 1.29 is 37.3 Å². The van der Waals surface area contributed by atoms with Crippen LogP contribution in [0.1, 0.15) is 12.0 Å². The van der Waals surface area contributed by atoms with Gasteiger partial charge in [-0.1, -0.05) is 30.3 Å². The molecule has 1 aromatic rings. The van der Waals surface area contributed by atoms with E-state index in [-0.39, 0.29) is 17.9 Å². The summed E-state index contributed by atoms with van der Waals surface area (Å²) in [6.45, 7) is 4.49. The highest BCUT2D eigenvalue weighted by Gasteiger charge is 2.43. The zero-order chi connectivity index (χ0) is 22.1. The minimum absolute atomic E-state index is 0.0109. The number of piperidine rings is 1. The molecule has 1 amide bonds. The molecule has 168 valence electrons. The summed E-state index contributed by atoms with van der Waals surface area (Å²) in [5, 5.41) is 10.1. The number of carboxylic acids is 1. The minimum atomic E-state index is -5.08. The van der Waals surface area contributed by atoms with Gasteiger partial charge in [-0.15, -0.1) is 0 Å². The summed E-state index contributed by atoms with van der Waals surface area (Å²) in [5.74, 6) is -2.26. The monoisotopic (exact) mass is 432 g/mol. The number of fused-ring (bicyclic) bond motifs is 1. The van der Waals surface area contributed by atoms with E-state index >= 15 is 0 Å². The predicted octanol–water partition coefficient (Wildman–Crippen LogP) is 1.92. The molecule has 30 heavy (non-hydrogen) atoms. The second-order valence-electron chi connectivity index (χ2n) is 7.23. The molecule has 2 aliphatic rings. The zero-order valence-corrected chi connectivity index (χ0v) is 16.7. The molecule has 0 aliphatic carbocycles. The van der Waals surface area contributed by atoms with E-state index in [0.717, 1.165) is 32.7 Å². The predicted molar refractivity (Wildman–Crippen MR) is 102 cm³/mol. The Morgan fingerprint density at radius 3 is 2.53 bits per heavy atom. The second kappa shape index (κ2) is 11.3. The Kier molecular flexibility index (Phi) is 9.07. The first-order valence-corrected chi connectivity index (χ1v) is 9.67. The fraction of sp³-hybridized carbons (Fsp3) is 0.600. The van der Waals surface area contributed by atoms with Crippen LogP contribution >= 0.6 is 0 Å². The molecule has 0 spiro atoms. The highest BCUT2D eigenvalue weighted by atomic mass is 19.4. The van der Waals surface area contributed by atoms with Crippen LogP contribution in [0.15, 0.2) is 30.3 Å². The number of ether oxygens (including phenoxy) is 2. The van der Waals surface area contributed by atoms with Crippen LogP contribution in [0.4, 0.5) is 13.2 Å². The summed E-state index contributed by atoms with van der Waals surface area (Å²) >= 11 is 0. The average molecular weight is 432 g/mol. The molecule has 2 aliphatic heterocycles. The number of rotatable bonds is 6. The SMILES string of the molecule is COCCNC(=O)[C@H]1CN(Cc2ccccc2)C[C@H]2OCC[C@@H]12.O=C(O)C(F)(F)F. The summed E-state index contributed by atoms with van der Waals surface area (Å²) < 4.78 is 42.6. The van der Waals surface area contributed by atoms with Gasteiger partial charge in [-0.2, -0.15) is 13.2 Å². The largest absolute Gasteiger partial charge is 0.490 e. The number of carbonyl (C=O) groups excluding carboxylic acids is 1. The van der Waals surface area contributed by atoms with Crippen LogP contribution in [0.3, 0.4) is 0 Å². The third-order valence-corrected chi connectivity index (χ3v) is 5.10. The van der Waals surface area contributed by atoms with E-state index in [1.165, 1.54) is 5.56 Å². The minimum Gasteiger partial charge on any atom is -0.475 e. The average Bonchev–Trinajstić information content (AvgIpc) is 3.16. The second-order valence-corrected chi connectivity index (χ2v) is 7.23. The molecule has 2 fully saturated rings. The lowest BCUT2D eigenvalue weighted by atomic mass is 9.82. The van der Waals surface area contributed by atoms with E-state index in [9.17, 15) is 18.0 Å². The van der Waals surface area contributed by atoms with Crippen molar-refractivity contribution in [2.45, 2.75) is 25.2 Å². The highest BCUT2D eigenvalue weighted by molar-refractivity contribution is 5.79. The molecule has 1 aromatic carbocycles. The number of nitrogens with one attached hydrogen (secondary N) is 1. The first kappa shape index (κ1) is 24.1. The van der Waals surface area contributed by atoms with Crippen LogP contribution in [-0.4, -0.2) is 74.1 Å². The summed E-state index contributed by atoms with van der Waals surface area (Å²) in [4.78, 5) is 23.8. The van der Waals surface area contributed by atoms with E-state index < -0.39 is 12.1 Å². The lowest BCUT2D eigenvalue weighted by molar-refractivity contribution is -0.192. The van der Waals surface area contributed by atoms with Crippen molar-refractivity contribution in [2.75, 3.05) is 40.0 Å². The van der Waals surface area contributed by atoms with Gasteiger partial charge in [-0.3, -0.25) is 9.69 Å². The molecule has 0 bridgehead atoms. The Hall–Kier alpha value is -2.17. The van der Waals surface area contributed by atoms with Crippen LogP contribution in [0.2, 0.25) is 0 Å². The quantitative estimate of drug-likeness (QED) is 0.668. The van der Waals surface area contributed by atoms with Gasteiger partial charge in [0, 0.05) is 45.8 Å². The van der Waals surface area contributed by atoms with Gasteiger partial charge in [-0.05, 0) is 12.0 Å². The van der Waals surface area contributed by atoms with Crippen molar-refractivity contribution in [3.05, 3.63) is 35.9 Å². The number of likely N-dealkylation sites (tertiary alicyclic amines) is 1. The van der Waals surface area contributed by atoms with E-state index in [1.54, 1.807) is 7.11 Å². The topological polar surface area (TPSA) is 88.1 Å². The molecule has 0 aromatic heterocycles. The van der Waals surface area contributed by atoms with E-state index in [0.29, 0.717) is 19.1 Å². The Bertz CT molecular complexity index is 687. The Morgan fingerprint density at radius 1 is 1.27 bits per heavy atom. The van der Waals surface area contributed by atoms with Gasteiger partial charge >= 0.3 is 12.1 Å². The zero-order valence-electron chi connectivity index (χ0n) is 16.7. The van der Waals surface area contributed by atoms with Crippen LogP contribution in [0.25, 0.3) is 0 Å². The number of amides is 1. The number of hydrogen-bond acceptors (Lipinski definition) is 5. The number of halogens is 3. The fourth-order valence-electron chi connectivity index (χ4n) is 3.71. The molecule has 2 saturated heterocycles. The maximum absolute atomic E-state index is 12.6. The number of alkyl halides is 3. The van der Waals surface area contributed by atoms with Crippen LogP contribution < -0.4 is 5.32 Å². The van der Waals surface area contributed by atoms with Crippen molar-refractivity contribution in [2.24, 2.45) is 11.8 Å². The number of aliphatic carboxylic acids is 1. The van der Waals surface area contributed by atoms with Gasteiger partial charge in [0.1, 0.15) is 0 Å². The molecule has 3 rings (SSSR count). The van der Waals surface area contributed by atoms with Gasteiger partial charge in [-0.25, -0.2) is 4.79 Å². The van der Waals surface area contributed by atoms with Crippen LogP contribution in [0.5, 0.6) is 0 Å². The Morgan fingerprint density at radius 2 is 1.93 bits per heavy atom. The Balaban J connectivity index is 0.000000396. The number of nitrogens with zero attached hydrogens (tertiary/aromatic N) is 1. The number of benzene rings is 1. The third-order valence-electron chi connectivity index (χ3n) is 5.10. The first-order valence-electron chi connectivity index (χ1n) is 9.67. The van der Waals surface area contributed by atoms with Crippen molar-refractivity contribution in [1.82, 2.24) is 10.2 Å². The van der Waals surface area contributed by atoms with Gasteiger partial charge in [0.2, 0.25) is 5.91 Å². The normalized spacial score (nSPS) is 23.8. The molecule has 0 unspecified atom stereocenters. The van der Waals surface area contributed by atoms with E-state index in [4.69, 9.17) is 19.4 Å². The number of carbonyl (C=O) groups is 2. The number of carboxylic acid groups (broad SMARTS) is 1. The van der Waals surface area contributed by atoms with Crippen LogP contribution in [-0.2, 0) is 25.6 Å². The fourth-order valence-corrected chi connectivity index (χ4v) is 3.71. The van der Waals surface area contributed by atoms with Crippen molar-refractivity contribution in [3.63, 3.8) is 0 Å². The van der Waals surface area contributed by atoms with Crippen molar-refractivity contribution in [3.8, 4) is 0 Å². The summed E-state index contributed by atoms with van der Waals surface area (Å²) in [6, 6.07) is 10.4. The molecule has 0 radical (unpaired) electrons. The van der Waals surface area contributed by atoms with Gasteiger partial charge < -0.3 is 19.9 Å². The summed E-state index contributed by atoms with van der Waals surface area (Å²) in [5.41, 5.74) is 1.28. The van der Waals surface area contributed by atoms with Crippen molar-refractivity contribution in [1.29, 1.82) is 0 Å². The van der Waals surface area contributed by atoms with Crippen molar-refractivity contribution >= 4 is 11.9 Å².